The van der Waals surface area contributed by atoms with Crippen LogP contribution in [0.25, 0.3) is 0 Å². The molecular weight excluding hydrogens is 439 g/mol. The van der Waals surface area contributed by atoms with E-state index >= 15 is 0 Å². The summed E-state index contributed by atoms with van der Waals surface area (Å²) in [5.74, 6) is -3.14. The monoisotopic (exact) mass is 455 g/mol. The minimum atomic E-state index is -0.881. The highest BCUT2D eigenvalue weighted by atomic mass is 35.5. The van der Waals surface area contributed by atoms with Crippen LogP contribution in [-0.2, 0) is 4.79 Å². The van der Waals surface area contributed by atoms with Gasteiger partial charge in [-0.3, -0.25) is 14.4 Å². The van der Waals surface area contributed by atoms with Crippen molar-refractivity contribution >= 4 is 40.9 Å². The summed E-state index contributed by atoms with van der Waals surface area (Å²) < 4.78 is 26.4. The minimum absolute atomic E-state index is 0.212. The third-order valence-corrected chi connectivity index (χ3v) is 5.15. The van der Waals surface area contributed by atoms with Gasteiger partial charge in [0.25, 0.3) is 11.8 Å². The third kappa shape index (κ3) is 5.25. The molecule has 0 bridgehead atoms. The van der Waals surface area contributed by atoms with Crippen LogP contribution in [0.2, 0.25) is 10.0 Å². The lowest BCUT2D eigenvalue weighted by molar-refractivity contribution is -0.131. The molecule has 1 fully saturated rings. The Hall–Kier alpha value is -2.71. The lowest BCUT2D eigenvalue weighted by Crippen LogP contribution is -2.52. The number of piperazine rings is 1. The van der Waals surface area contributed by atoms with E-state index in [0.717, 1.165) is 12.1 Å². The van der Waals surface area contributed by atoms with Crippen LogP contribution in [0.15, 0.2) is 36.4 Å². The third-order valence-electron chi connectivity index (χ3n) is 4.61. The van der Waals surface area contributed by atoms with Crippen molar-refractivity contribution in [1.29, 1.82) is 0 Å². The number of nitrogens with one attached hydrogen (secondary N) is 1. The summed E-state index contributed by atoms with van der Waals surface area (Å²) in [4.78, 5) is 40.0. The molecule has 3 rings (SSSR count). The molecule has 1 aliphatic rings. The maximum Gasteiger partial charge on any atom is 0.255 e. The minimum Gasteiger partial charge on any atom is -0.343 e. The first kappa shape index (κ1) is 22.0. The number of hydrogen-bond donors (Lipinski definition) is 1. The first-order chi connectivity index (χ1) is 14.2. The van der Waals surface area contributed by atoms with Gasteiger partial charge < -0.3 is 15.1 Å². The van der Waals surface area contributed by atoms with Crippen LogP contribution in [0.4, 0.5) is 8.78 Å². The average molecular weight is 456 g/mol. The Bertz CT molecular complexity index is 975. The van der Waals surface area contributed by atoms with E-state index in [1.807, 2.05) is 0 Å². The van der Waals surface area contributed by atoms with Gasteiger partial charge in [-0.05, 0) is 30.3 Å². The van der Waals surface area contributed by atoms with E-state index in [4.69, 9.17) is 23.2 Å². The van der Waals surface area contributed by atoms with Crippen LogP contribution in [-0.4, -0.2) is 60.2 Å². The Labute approximate surface area is 181 Å². The predicted molar refractivity (Wildman–Crippen MR) is 108 cm³/mol. The average Bonchev–Trinajstić information content (AvgIpc) is 2.70. The maximum absolute atomic E-state index is 13.2. The first-order valence-electron chi connectivity index (χ1n) is 9.01. The van der Waals surface area contributed by atoms with E-state index in [1.54, 1.807) is 17.0 Å². The van der Waals surface area contributed by atoms with E-state index in [-0.39, 0.29) is 42.0 Å². The molecule has 158 valence electrons. The van der Waals surface area contributed by atoms with Gasteiger partial charge in [-0.15, -0.1) is 0 Å². The van der Waals surface area contributed by atoms with Crippen molar-refractivity contribution in [3.8, 4) is 0 Å². The molecular formula is C20H17Cl2F2N3O3. The number of rotatable bonds is 4. The topological polar surface area (TPSA) is 69.7 Å². The van der Waals surface area contributed by atoms with E-state index in [1.165, 1.54) is 11.0 Å². The first-order valence-corrected chi connectivity index (χ1v) is 9.76. The number of halogens is 4. The molecule has 0 aromatic heterocycles. The lowest BCUT2D eigenvalue weighted by Gasteiger charge is -2.35. The van der Waals surface area contributed by atoms with Gasteiger partial charge in [0.2, 0.25) is 5.91 Å². The van der Waals surface area contributed by atoms with Gasteiger partial charge in [0.1, 0.15) is 11.6 Å². The number of nitrogens with zero attached hydrogens (tertiary/aromatic N) is 2. The summed E-state index contributed by atoms with van der Waals surface area (Å²) in [5, 5.41) is 3.03. The summed E-state index contributed by atoms with van der Waals surface area (Å²) in [6.07, 6.45) is 0. The second-order valence-electron chi connectivity index (χ2n) is 6.64. The van der Waals surface area contributed by atoms with Gasteiger partial charge in [-0.2, -0.15) is 0 Å². The van der Waals surface area contributed by atoms with Crippen LogP contribution >= 0.6 is 23.2 Å². The van der Waals surface area contributed by atoms with E-state index in [2.05, 4.69) is 5.32 Å². The summed E-state index contributed by atoms with van der Waals surface area (Å²) in [5.41, 5.74) is 0.117. The Morgan fingerprint density at radius 2 is 1.50 bits per heavy atom. The van der Waals surface area contributed by atoms with Crippen LogP contribution in [0.5, 0.6) is 0 Å². The molecule has 0 unspecified atom stereocenters. The molecule has 0 radical (unpaired) electrons. The standard InChI is InChI=1S/C20H17Cl2F2N3O3/c21-13-1-2-16(17(22)9-13)20(30)27-5-3-26(4-6-27)18(28)11-25-19(29)12-7-14(23)10-15(24)8-12/h1-2,7-10H,3-6,11H2,(H,25,29). The highest BCUT2D eigenvalue weighted by Gasteiger charge is 2.26. The Morgan fingerprint density at radius 3 is 2.10 bits per heavy atom. The SMILES string of the molecule is O=C(NCC(=O)N1CCN(C(=O)c2ccc(Cl)cc2Cl)CC1)c1cc(F)cc(F)c1. The van der Waals surface area contributed by atoms with Crippen molar-refractivity contribution in [1.82, 2.24) is 15.1 Å². The molecule has 2 aromatic rings. The fourth-order valence-electron chi connectivity index (χ4n) is 3.05. The second-order valence-corrected chi connectivity index (χ2v) is 7.48. The van der Waals surface area contributed by atoms with Gasteiger partial charge in [-0.25, -0.2) is 8.78 Å². The van der Waals surface area contributed by atoms with Crippen molar-refractivity contribution in [2.24, 2.45) is 0 Å². The molecule has 0 atom stereocenters. The van der Waals surface area contributed by atoms with E-state index in [9.17, 15) is 23.2 Å². The van der Waals surface area contributed by atoms with Crippen molar-refractivity contribution < 1.29 is 23.2 Å². The largest absolute Gasteiger partial charge is 0.343 e. The van der Waals surface area contributed by atoms with E-state index < -0.39 is 17.5 Å². The summed E-state index contributed by atoms with van der Waals surface area (Å²) in [7, 11) is 0. The van der Waals surface area contributed by atoms with Crippen LogP contribution in [0, 0.1) is 11.6 Å². The van der Waals surface area contributed by atoms with Gasteiger partial charge in [0.15, 0.2) is 0 Å². The molecule has 1 aliphatic heterocycles. The highest BCUT2D eigenvalue weighted by Crippen LogP contribution is 2.22. The molecule has 2 aromatic carbocycles. The maximum atomic E-state index is 13.2. The zero-order chi connectivity index (χ0) is 21.8. The molecule has 10 heteroatoms. The van der Waals surface area contributed by atoms with E-state index in [0.29, 0.717) is 29.7 Å². The fourth-order valence-corrected chi connectivity index (χ4v) is 3.54. The van der Waals surface area contributed by atoms with Crippen molar-refractivity contribution in [3.05, 3.63) is 69.2 Å². The number of benzene rings is 2. The van der Waals surface area contributed by atoms with Crippen LogP contribution in [0.1, 0.15) is 20.7 Å². The fraction of sp³-hybridized carbons (Fsp3) is 0.250. The number of carbonyl (C=O) groups excluding carboxylic acids is 3. The smallest absolute Gasteiger partial charge is 0.255 e. The summed E-state index contributed by atoms with van der Waals surface area (Å²) in [6, 6.07) is 7.04. The zero-order valence-electron chi connectivity index (χ0n) is 15.6. The Morgan fingerprint density at radius 1 is 0.900 bits per heavy atom. The molecule has 30 heavy (non-hydrogen) atoms. The zero-order valence-corrected chi connectivity index (χ0v) is 17.1. The number of amides is 3. The molecule has 3 amide bonds. The summed E-state index contributed by atoms with van der Waals surface area (Å²) >= 11 is 11.9. The van der Waals surface area contributed by atoms with Crippen molar-refractivity contribution in [2.45, 2.75) is 0 Å². The molecule has 1 heterocycles. The number of hydrogen-bond acceptors (Lipinski definition) is 3. The molecule has 1 saturated heterocycles. The predicted octanol–water partition coefficient (Wildman–Crippen LogP) is 2.99. The highest BCUT2D eigenvalue weighted by molar-refractivity contribution is 6.36. The van der Waals surface area contributed by atoms with Gasteiger partial charge in [0.05, 0.1) is 17.1 Å². The molecule has 0 spiro atoms. The molecule has 1 N–H and O–H groups in total. The van der Waals surface area contributed by atoms with Crippen LogP contribution in [0.3, 0.4) is 0 Å². The Balaban J connectivity index is 1.51. The van der Waals surface area contributed by atoms with Crippen LogP contribution < -0.4 is 5.32 Å². The quantitative estimate of drug-likeness (QED) is 0.770. The Kier molecular flexibility index (Phi) is 6.89. The lowest BCUT2D eigenvalue weighted by atomic mass is 10.1. The molecule has 0 saturated carbocycles. The van der Waals surface area contributed by atoms with Crippen molar-refractivity contribution in [3.63, 3.8) is 0 Å². The summed E-state index contributed by atoms with van der Waals surface area (Å²) in [6.45, 7) is 0.827. The molecule has 6 nitrogen and oxygen atoms in total. The number of carbonyl (C=O) groups is 3. The second kappa shape index (κ2) is 9.40. The molecule has 0 aliphatic carbocycles. The van der Waals surface area contributed by atoms with Gasteiger partial charge in [0, 0.05) is 42.8 Å². The van der Waals surface area contributed by atoms with Gasteiger partial charge in [-0.1, -0.05) is 23.2 Å². The van der Waals surface area contributed by atoms with Crippen molar-refractivity contribution in [2.75, 3.05) is 32.7 Å². The van der Waals surface area contributed by atoms with Gasteiger partial charge >= 0.3 is 0 Å². The normalized spacial score (nSPS) is 13.9.